The smallest absolute Gasteiger partial charge is 0.223 e. The molecule has 0 aliphatic rings. The van der Waals surface area contributed by atoms with Gasteiger partial charge in [0.25, 0.3) is 0 Å². The third kappa shape index (κ3) is 23.3. The van der Waals surface area contributed by atoms with Gasteiger partial charge in [-0.1, -0.05) is 85.9 Å². The minimum atomic E-state index is -0.0160. The second-order valence-corrected chi connectivity index (χ2v) is 8.94. The van der Waals surface area contributed by atoms with Crippen LogP contribution < -0.4 is 16.0 Å². The van der Waals surface area contributed by atoms with Gasteiger partial charge in [0.15, 0.2) is 0 Å². The highest BCUT2D eigenvalue weighted by Gasteiger charge is 2.00. The van der Waals surface area contributed by atoms with Crippen LogP contribution in [0.5, 0.6) is 0 Å². The lowest BCUT2D eigenvalue weighted by Gasteiger charge is -2.07. The van der Waals surface area contributed by atoms with Crippen molar-refractivity contribution in [3.63, 3.8) is 0 Å². The molecule has 6 heteroatoms. The van der Waals surface area contributed by atoms with Gasteiger partial charge in [0.1, 0.15) is 0 Å². The van der Waals surface area contributed by atoms with Gasteiger partial charge < -0.3 is 16.0 Å². The van der Waals surface area contributed by atoms with Crippen molar-refractivity contribution in [2.24, 2.45) is 0 Å². The lowest BCUT2D eigenvalue weighted by molar-refractivity contribution is -0.121. The number of carbonyl (C=O) groups excluding carboxylic acids is 2. The summed E-state index contributed by atoms with van der Waals surface area (Å²) < 4.78 is 0. The SMILES string of the molecule is CCC=CCC=CCC=CCC=CCC=CCCCC(=O)NCCNCCNC(=O)CC=Cc1cccnc1. The van der Waals surface area contributed by atoms with Crippen LogP contribution >= 0.6 is 0 Å². The Labute approximate surface area is 236 Å². The molecule has 0 aliphatic carbocycles. The number of amides is 2. The van der Waals surface area contributed by atoms with E-state index in [4.69, 9.17) is 0 Å². The van der Waals surface area contributed by atoms with E-state index in [0.29, 0.717) is 39.0 Å². The number of nitrogens with one attached hydrogen (secondary N) is 3. The van der Waals surface area contributed by atoms with Gasteiger partial charge in [0.2, 0.25) is 11.8 Å². The lowest BCUT2D eigenvalue weighted by atomic mass is 10.2. The Morgan fingerprint density at radius 2 is 1.33 bits per heavy atom. The zero-order valence-corrected chi connectivity index (χ0v) is 23.7. The summed E-state index contributed by atoms with van der Waals surface area (Å²) in [7, 11) is 0. The third-order valence-corrected chi connectivity index (χ3v) is 5.48. The van der Waals surface area contributed by atoms with Crippen LogP contribution in [0.3, 0.4) is 0 Å². The van der Waals surface area contributed by atoms with Crippen molar-refractivity contribution in [3.8, 4) is 0 Å². The molecule has 0 radical (unpaired) electrons. The van der Waals surface area contributed by atoms with Crippen LogP contribution in [0.1, 0.15) is 70.3 Å². The minimum absolute atomic E-state index is 0.0160. The summed E-state index contributed by atoms with van der Waals surface area (Å²) in [6.07, 6.45) is 36.7. The van der Waals surface area contributed by atoms with Gasteiger partial charge in [-0.25, -0.2) is 0 Å². The number of hydrogen-bond acceptors (Lipinski definition) is 4. The zero-order valence-electron chi connectivity index (χ0n) is 23.7. The molecular formula is C33H48N4O2. The molecule has 0 fully saturated rings. The van der Waals surface area contributed by atoms with Gasteiger partial charge in [-0.3, -0.25) is 14.6 Å². The van der Waals surface area contributed by atoms with E-state index >= 15 is 0 Å². The molecule has 39 heavy (non-hydrogen) atoms. The zero-order chi connectivity index (χ0) is 28.1. The molecule has 1 heterocycles. The summed E-state index contributed by atoms with van der Waals surface area (Å²) in [6, 6.07) is 3.80. The Morgan fingerprint density at radius 1 is 0.744 bits per heavy atom. The Bertz CT molecular complexity index is 930. The van der Waals surface area contributed by atoms with E-state index in [9.17, 15) is 9.59 Å². The van der Waals surface area contributed by atoms with Gasteiger partial charge in [-0.2, -0.15) is 0 Å². The molecule has 0 spiro atoms. The summed E-state index contributed by atoms with van der Waals surface area (Å²) in [6.45, 7) is 4.63. The van der Waals surface area contributed by atoms with E-state index in [-0.39, 0.29) is 11.8 Å². The van der Waals surface area contributed by atoms with Crippen LogP contribution in [0.15, 0.2) is 91.4 Å². The molecule has 212 valence electrons. The summed E-state index contributed by atoms with van der Waals surface area (Å²) in [5, 5.41) is 9.02. The molecule has 0 aromatic carbocycles. The second kappa shape index (κ2) is 26.1. The number of allylic oxidation sites excluding steroid dienone is 10. The molecular weight excluding hydrogens is 484 g/mol. The monoisotopic (exact) mass is 532 g/mol. The summed E-state index contributed by atoms with van der Waals surface area (Å²) in [4.78, 5) is 27.8. The largest absolute Gasteiger partial charge is 0.355 e. The molecule has 1 aromatic heterocycles. The van der Waals surface area contributed by atoms with E-state index in [1.54, 1.807) is 12.4 Å². The van der Waals surface area contributed by atoms with E-state index in [2.05, 4.69) is 88.6 Å². The number of aromatic nitrogens is 1. The third-order valence-electron chi connectivity index (χ3n) is 5.48. The van der Waals surface area contributed by atoms with Crippen LogP contribution in [-0.4, -0.2) is 43.0 Å². The highest BCUT2D eigenvalue weighted by atomic mass is 16.2. The molecule has 3 N–H and O–H groups in total. The number of nitrogens with zero attached hydrogens (tertiary/aromatic N) is 1. The first-order chi connectivity index (χ1) is 19.2. The van der Waals surface area contributed by atoms with E-state index in [1.165, 1.54) is 0 Å². The van der Waals surface area contributed by atoms with Crippen molar-refractivity contribution in [1.82, 2.24) is 20.9 Å². The standard InChI is InChI=1S/C33H48N4O2/c1-2-3-4-5-6-7-8-9-10-11-12-13-14-15-16-17-18-23-32(38)36-28-26-34-27-29-37-33(39)24-19-21-31-22-20-25-35-30-31/h3-4,6-7,9-10,12-13,15-16,19-22,25,30,34H,2,5,8,11,14,17-18,23-24,26-29H2,1H3,(H,36,38)(H,37,39). The molecule has 2 amide bonds. The predicted octanol–water partition coefficient (Wildman–Crippen LogP) is 6.23. The number of pyridine rings is 1. The first kappa shape index (κ1) is 33.5. The molecule has 0 aliphatic heterocycles. The number of hydrogen-bond donors (Lipinski definition) is 3. The maximum Gasteiger partial charge on any atom is 0.223 e. The Morgan fingerprint density at radius 3 is 1.92 bits per heavy atom. The summed E-state index contributed by atoms with van der Waals surface area (Å²) in [5.74, 6) is 0.0654. The maximum absolute atomic E-state index is 11.9. The number of rotatable bonds is 22. The average Bonchev–Trinajstić information content (AvgIpc) is 2.94. The first-order valence-corrected chi connectivity index (χ1v) is 14.3. The van der Waals surface area contributed by atoms with E-state index < -0.39 is 0 Å². The molecule has 6 nitrogen and oxygen atoms in total. The predicted molar refractivity (Wildman–Crippen MR) is 165 cm³/mol. The Balaban J connectivity index is 1.89. The van der Waals surface area contributed by atoms with E-state index in [0.717, 1.165) is 50.5 Å². The van der Waals surface area contributed by atoms with Crippen LogP contribution in [-0.2, 0) is 9.59 Å². The average molecular weight is 533 g/mol. The van der Waals surface area contributed by atoms with Crippen LogP contribution in [0, 0.1) is 0 Å². The van der Waals surface area contributed by atoms with E-state index in [1.807, 2.05) is 24.3 Å². The van der Waals surface area contributed by atoms with Crippen molar-refractivity contribution < 1.29 is 9.59 Å². The van der Waals surface area contributed by atoms with Crippen molar-refractivity contribution in [1.29, 1.82) is 0 Å². The quantitative estimate of drug-likeness (QED) is 0.122. The minimum Gasteiger partial charge on any atom is -0.355 e. The molecule has 0 bridgehead atoms. The topological polar surface area (TPSA) is 83.1 Å². The lowest BCUT2D eigenvalue weighted by Crippen LogP contribution is -2.36. The fraction of sp³-hybridized carbons (Fsp3) is 0.424. The fourth-order valence-corrected chi connectivity index (χ4v) is 3.39. The molecule has 0 saturated heterocycles. The van der Waals surface area contributed by atoms with Crippen molar-refractivity contribution in [2.45, 2.75) is 64.7 Å². The number of carbonyl (C=O) groups is 2. The summed E-state index contributed by atoms with van der Waals surface area (Å²) >= 11 is 0. The van der Waals surface area contributed by atoms with Crippen molar-refractivity contribution >= 4 is 17.9 Å². The van der Waals surface area contributed by atoms with Gasteiger partial charge >= 0.3 is 0 Å². The van der Waals surface area contributed by atoms with Crippen LogP contribution in [0.2, 0.25) is 0 Å². The molecule has 0 unspecified atom stereocenters. The van der Waals surface area contributed by atoms with Crippen LogP contribution in [0.25, 0.3) is 6.08 Å². The second-order valence-electron chi connectivity index (χ2n) is 8.94. The number of unbranched alkanes of at least 4 members (excludes halogenated alkanes) is 1. The Kier molecular flexibility index (Phi) is 22.4. The molecule has 1 aromatic rings. The van der Waals surface area contributed by atoms with Gasteiger partial charge in [-0.15, -0.1) is 0 Å². The van der Waals surface area contributed by atoms with Crippen molar-refractivity contribution in [2.75, 3.05) is 26.2 Å². The first-order valence-electron chi connectivity index (χ1n) is 14.3. The van der Waals surface area contributed by atoms with Gasteiger partial charge in [-0.05, 0) is 56.6 Å². The molecule has 0 atom stereocenters. The highest BCUT2D eigenvalue weighted by Crippen LogP contribution is 2.00. The van der Waals surface area contributed by atoms with Gasteiger partial charge in [0, 0.05) is 51.4 Å². The van der Waals surface area contributed by atoms with Crippen LogP contribution in [0.4, 0.5) is 0 Å². The van der Waals surface area contributed by atoms with Gasteiger partial charge in [0.05, 0.1) is 0 Å². The highest BCUT2D eigenvalue weighted by molar-refractivity contribution is 5.78. The molecule has 1 rings (SSSR count). The normalized spacial score (nSPS) is 12.2. The maximum atomic E-state index is 11.9. The molecule has 0 saturated carbocycles. The summed E-state index contributed by atoms with van der Waals surface area (Å²) in [5.41, 5.74) is 0.975. The Hall–Kier alpha value is -3.51. The fourth-order valence-electron chi connectivity index (χ4n) is 3.39. The van der Waals surface area contributed by atoms with Crippen molar-refractivity contribution in [3.05, 3.63) is 96.9 Å².